The van der Waals surface area contributed by atoms with Gasteiger partial charge in [-0.05, 0) is 26.0 Å². The van der Waals surface area contributed by atoms with E-state index >= 15 is 0 Å². The molecular formula is C12H17Cl2F2NO2. The molecular weight excluding hydrogens is 299 g/mol. The van der Waals surface area contributed by atoms with Gasteiger partial charge in [-0.15, -0.1) is 24.8 Å². The molecule has 19 heavy (non-hydrogen) atoms. The fourth-order valence-electron chi connectivity index (χ4n) is 2.06. The first kappa shape index (κ1) is 18.5. The summed E-state index contributed by atoms with van der Waals surface area (Å²) >= 11 is 0. The van der Waals surface area contributed by atoms with Crippen LogP contribution < -0.4 is 5.32 Å². The second-order valence-corrected chi connectivity index (χ2v) is 4.45. The SMILES string of the molecule is C[C@H]1CO[C@@](O)(c2cc(F)cc(F)c2)[C@@H](C)N1.Cl.Cl. The minimum absolute atomic E-state index is 0. The van der Waals surface area contributed by atoms with Gasteiger partial charge in [-0.3, -0.25) is 0 Å². The normalized spacial score (nSPS) is 30.2. The molecule has 1 heterocycles. The third kappa shape index (κ3) is 3.77. The Hall–Kier alpha value is -0.460. The van der Waals surface area contributed by atoms with Gasteiger partial charge >= 0.3 is 0 Å². The van der Waals surface area contributed by atoms with Crippen molar-refractivity contribution in [2.75, 3.05) is 6.61 Å². The Morgan fingerprint density at radius 2 is 1.74 bits per heavy atom. The fourth-order valence-corrected chi connectivity index (χ4v) is 2.06. The molecule has 0 unspecified atom stereocenters. The van der Waals surface area contributed by atoms with Gasteiger partial charge in [0.15, 0.2) is 0 Å². The van der Waals surface area contributed by atoms with E-state index in [4.69, 9.17) is 4.74 Å². The highest BCUT2D eigenvalue weighted by molar-refractivity contribution is 5.85. The maximum absolute atomic E-state index is 13.1. The molecule has 0 aliphatic carbocycles. The summed E-state index contributed by atoms with van der Waals surface area (Å²) in [6.07, 6.45) is 0. The molecule has 110 valence electrons. The van der Waals surface area contributed by atoms with E-state index in [1.165, 1.54) is 0 Å². The molecule has 0 amide bonds. The predicted octanol–water partition coefficient (Wildman–Crippen LogP) is 2.35. The highest BCUT2D eigenvalue weighted by atomic mass is 35.5. The maximum Gasteiger partial charge on any atom is 0.208 e. The van der Waals surface area contributed by atoms with E-state index in [1.807, 2.05) is 6.92 Å². The fraction of sp³-hybridized carbons (Fsp3) is 0.500. The van der Waals surface area contributed by atoms with Crippen LogP contribution in [0.1, 0.15) is 19.4 Å². The molecule has 2 rings (SSSR count). The summed E-state index contributed by atoms with van der Waals surface area (Å²) in [5, 5.41) is 13.4. The van der Waals surface area contributed by atoms with Crippen LogP contribution in [0.25, 0.3) is 0 Å². The lowest BCUT2D eigenvalue weighted by Crippen LogP contribution is -2.58. The first-order valence-electron chi connectivity index (χ1n) is 5.51. The molecule has 0 saturated carbocycles. The smallest absolute Gasteiger partial charge is 0.208 e. The summed E-state index contributed by atoms with van der Waals surface area (Å²) in [5.74, 6) is -3.17. The minimum Gasteiger partial charge on any atom is -0.361 e. The van der Waals surface area contributed by atoms with Crippen molar-refractivity contribution in [3.63, 3.8) is 0 Å². The van der Waals surface area contributed by atoms with Crippen LogP contribution in [0.5, 0.6) is 0 Å². The Balaban J connectivity index is 0.00000162. The average Bonchev–Trinajstić information content (AvgIpc) is 2.22. The van der Waals surface area contributed by atoms with Crippen LogP contribution in [-0.2, 0) is 10.5 Å². The lowest BCUT2D eigenvalue weighted by Gasteiger charge is -2.41. The van der Waals surface area contributed by atoms with Gasteiger partial charge in [0, 0.05) is 17.7 Å². The van der Waals surface area contributed by atoms with Crippen molar-refractivity contribution < 1.29 is 18.6 Å². The van der Waals surface area contributed by atoms with Gasteiger partial charge in [-0.2, -0.15) is 0 Å². The van der Waals surface area contributed by atoms with Gasteiger partial charge in [-0.25, -0.2) is 8.78 Å². The molecule has 1 aromatic carbocycles. The number of aliphatic hydroxyl groups is 1. The summed E-state index contributed by atoms with van der Waals surface area (Å²) in [6, 6.07) is 2.56. The van der Waals surface area contributed by atoms with E-state index in [0.29, 0.717) is 0 Å². The van der Waals surface area contributed by atoms with E-state index in [9.17, 15) is 13.9 Å². The largest absolute Gasteiger partial charge is 0.361 e. The summed E-state index contributed by atoms with van der Waals surface area (Å²) in [5.41, 5.74) is 0.0851. The standard InChI is InChI=1S/C12H15F2NO2.2ClH/c1-7-6-17-12(16,8(2)15-7)9-3-10(13)5-11(14)4-9;;/h3-5,7-8,15-16H,6H2,1-2H3;2*1H/t7-,8+,12+;;/m0../s1. The Morgan fingerprint density at radius 3 is 2.21 bits per heavy atom. The van der Waals surface area contributed by atoms with Crippen LogP contribution in [0.4, 0.5) is 8.78 Å². The minimum atomic E-state index is -1.70. The average molecular weight is 316 g/mol. The molecule has 1 aromatic rings. The summed E-state index contributed by atoms with van der Waals surface area (Å²) in [7, 11) is 0. The molecule has 3 atom stereocenters. The van der Waals surface area contributed by atoms with Crippen molar-refractivity contribution in [3.05, 3.63) is 35.4 Å². The Kier molecular flexibility index (Phi) is 6.65. The van der Waals surface area contributed by atoms with E-state index in [-0.39, 0.29) is 43.0 Å². The third-order valence-electron chi connectivity index (χ3n) is 2.95. The summed E-state index contributed by atoms with van der Waals surface area (Å²) in [4.78, 5) is 0. The lowest BCUT2D eigenvalue weighted by atomic mass is 9.96. The van der Waals surface area contributed by atoms with Gasteiger partial charge in [0.2, 0.25) is 5.79 Å². The number of benzene rings is 1. The van der Waals surface area contributed by atoms with Crippen LogP contribution in [0.2, 0.25) is 0 Å². The third-order valence-corrected chi connectivity index (χ3v) is 2.95. The Morgan fingerprint density at radius 1 is 1.21 bits per heavy atom. The van der Waals surface area contributed by atoms with Crippen molar-refractivity contribution >= 4 is 24.8 Å². The second kappa shape index (κ2) is 6.81. The summed E-state index contributed by atoms with van der Waals surface area (Å²) < 4.78 is 31.6. The zero-order valence-corrected chi connectivity index (χ0v) is 12.2. The van der Waals surface area contributed by atoms with Crippen LogP contribution >= 0.6 is 24.8 Å². The molecule has 1 saturated heterocycles. The van der Waals surface area contributed by atoms with Gasteiger partial charge < -0.3 is 15.2 Å². The summed E-state index contributed by atoms with van der Waals surface area (Å²) in [6.45, 7) is 3.89. The number of nitrogens with one attached hydrogen (secondary N) is 1. The van der Waals surface area contributed by atoms with E-state index in [2.05, 4.69) is 5.32 Å². The van der Waals surface area contributed by atoms with Gasteiger partial charge in [0.1, 0.15) is 11.6 Å². The van der Waals surface area contributed by atoms with Crippen molar-refractivity contribution in [1.29, 1.82) is 0 Å². The zero-order valence-electron chi connectivity index (χ0n) is 10.5. The zero-order chi connectivity index (χ0) is 12.6. The number of hydrogen-bond acceptors (Lipinski definition) is 3. The van der Waals surface area contributed by atoms with Crippen molar-refractivity contribution in [3.8, 4) is 0 Å². The van der Waals surface area contributed by atoms with Crippen LogP contribution in [-0.4, -0.2) is 23.8 Å². The molecule has 0 bridgehead atoms. The number of morpholine rings is 1. The topological polar surface area (TPSA) is 41.5 Å². The van der Waals surface area contributed by atoms with Crippen LogP contribution in [0, 0.1) is 11.6 Å². The Labute approximate surface area is 123 Å². The van der Waals surface area contributed by atoms with E-state index in [0.717, 1.165) is 18.2 Å². The number of ether oxygens (including phenoxy) is 1. The van der Waals surface area contributed by atoms with E-state index in [1.54, 1.807) is 6.92 Å². The Bertz CT molecular complexity index is 416. The molecule has 1 aliphatic rings. The first-order chi connectivity index (χ1) is 7.91. The monoisotopic (exact) mass is 315 g/mol. The number of halogens is 4. The van der Waals surface area contributed by atoms with Crippen LogP contribution in [0.3, 0.4) is 0 Å². The quantitative estimate of drug-likeness (QED) is 0.836. The molecule has 7 heteroatoms. The number of rotatable bonds is 1. The first-order valence-corrected chi connectivity index (χ1v) is 5.51. The molecule has 0 radical (unpaired) electrons. The van der Waals surface area contributed by atoms with Crippen molar-refractivity contribution in [2.24, 2.45) is 0 Å². The predicted molar refractivity (Wildman–Crippen MR) is 72.8 cm³/mol. The van der Waals surface area contributed by atoms with Gasteiger partial charge in [0.05, 0.1) is 12.6 Å². The molecule has 0 aromatic heterocycles. The highest BCUT2D eigenvalue weighted by Crippen LogP contribution is 2.30. The van der Waals surface area contributed by atoms with Crippen molar-refractivity contribution in [1.82, 2.24) is 5.32 Å². The number of hydrogen-bond donors (Lipinski definition) is 2. The lowest BCUT2D eigenvalue weighted by molar-refractivity contribution is -0.253. The highest BCUT2D eigenvalue weighted by Gasteiger charge is 2.41. The molecule has 1 fully saturated rings. The molecule has 0 spiro atoms. The second-order valence-electron chi connectivity index (χ2n) is 4.45. The van der Waals surface area contributed by atoms with E-state index < -0.39 is 23.5 Å². The molecule has 2 N–H and O–H groups in total. The molecule has 1 aliphatic heterocycles. The van der Waals surface area contributed by atoms with Crippen molar-refractivity contribution in [2.45, 2.75) is 31.7 Å². The van der Waals surface area contributed by atoms with Gasteiger partial charge in [0.25, 0.3) is 0 Å². The molecule has 3 nitrogen and oxygen atoms in total. The van der Waals surface area contributed by atoms with Gasteiger partial charge in [-0.1, -0.05) is 0 Å². The van der Waals surface area contributed by atoms with Crippen LogP contribution in [0.15, 0.2) is 18.2 Å². The maximum atomic E-state index is 13.1.